The van der Waals surface area contributed by atoms with Crippen LogP contribution in [0.4, 0.5) is 0 Å². The van der Waals surface area contributed by atoms with Crippen LogP contribution in [0.25, 0.3) is 0 Å². The lowest BCUT2D eigenvalue weighted by Gasteiger charge is -2.34. The lowest BCUT2D eigenvalue weighted by Crippen LogP contribution is -2.45. The third-order valence-electron chi connectivity index (χ3n) is 5.94. The summed E-state index contributed by atoms with van der Waals surface area (Å²) < 4.78 is 16.6. The molecular weight excluding hydrogens is 398 g/mol. The molecule has 2 aromatic carbocycles. The Hall–Kier alpha value is -3.35. The number of carbonyl (C=O) groups is 3. The van der Waals surface area contributed by atoms with Gasteiger partial charge in [-0.05, 0) is 30.3 Å². The van der Waals surface area contributed by atoms with Crippen molar-refractivity contribution in [1.29, 1.82) is 0 Å². The fourth-order valence-corrected chi connectivity index (χ4v) is 4.27. The summed E-state index contributed by atoms with van der Waals surface area (Å²) in [4.78, 5) is 39.7. The van der Waals surface area contributed by atoms with E-state index in [0.29, 0.717) is 47.9 Å². The van der Waals surface area contributed by atoms with Crippen LogP contribution in [0.1, 0.15) is 46.4 Å². The maximum Gasteiger partial charge on any atom is 0.223 e. The molecule has 31 heavy (non-hydrogen) atoms. The molecule has 0 radical (unpaired) electrons. The zero-order valence-electron chi connectivity index (χ0n) is 17.7. The first-order valence-electron chi connectivity index (χ1n) is 10.3. The normalized spacial score (nSPS) is 19.7. The number of likely N-dealkylation sites (tertiary alicyclic amines) is 1. The molecule has 1 saturated heterocycles. The van der Waals surface area contributed by atoms with Crippen LogP contribution in [0.15, 0.2) is 42.5 Å². The Morgan fingerprint density at radius 1 is 1.10 bits per heavy atom. The Morgan fingerprint density at radius 3 is 2.68 bits per heavy atom. The number of ether oxygens (including phenoxy) is 3. The first-order valence-corrected chi connectivity index (χ1v) is 10.3. The summed E-state index contributed by atoms with van der Waals surface area (Å²) in [6.07, 6.45) is 1.01. The van der Waals surface area contributed by atoms with Crippen molar-refractivity contribution >= 4 is 17.5 Å². The number of Topliss-reactive ketones (excluding diaryl/α,β-unsaturated/α-hetero) is 2. The molecule has 4 rings (SSSR count). The van der Waals surface area contributed by atoms with Gasteiger partial charge < -0.3 is 19.1 Å². The van der Waals surface area contributed by atoms with Crippen molar-refractivity contribution < 1.29 is 28.6 Å². The van der Waals surface area contributed by atoms with Crippen LogP contribution in [0.3, 0.4) is 0 Å². The van der Waals surface area contributed by atoms with Gasteiger partial charge in [0, 0.05) is 25.8 Å². The number of methoxy groups -OCH3 is 2. The molecular formula is C24H25NO6. The third-order valence-corrected chi connectivity index (χ3v) is 5.94. The van der Waals surface area contributed by atoms with Gasteiger partial charge in [0.25, 0.3) is 0 Å². The van der Waals surface area contributed by atoms with Crippen LogP contribution in [0.2, 0.25) is 0 Å². The Kier molecular flexibility index (Phi) is 5.67. The van der Waals surface area contributed by atoms with Gasteiger partial charge in [0.05, 0.1) is 38.3 Å². The molecule has 0 aromatic heterocycles. The number of hydrogen-bond acceptors (Lipinski definition) is 6. The molecule has 7 nitrogen and oxygen atoms in total. The van der Waals surface area contributed by atoms with E-state index in [1.54, 1.807) is 54.5 Å². The molecule has 0 aliphatic carbocycles. The summed E-state index contributed by atoms with van der Waals surface area (Å²) in [6.45, 7) is 0.840. The minimum atomic E-state index is -0.707. The van der Waals surface area contributed by atoms with Crippen LogP contribution in [-0.2, 0) is 4.79 Å². The van der Waals surface area contributed by atoms with E-state index in [2.05, 4.69) is 0 Å². The number of benzene rings is 2. The second-order valence-electron chi connectivity index (χ2n) is 7.94. The summed E-state index contributed by atoms with van der Waals surface area (Å²) in [5.41, 5.74) is 0.280. The van der Waals surface area contributed by atoms with Gasteiger partial charge >= 0.3 is 0 Å². The molecule has 1 spiro atoms. The van der Waals surface area contributed by atoms with Crippen molar-refractivity contribution in [2.75, 3.05) is 27.3 Å². The SMILES string of the molecule is COc1ccc2c(c1)C(=O)CC1(CCN(C(=O)CCC(=O)c3ccccc3OC)C1)O2. The summed E-state index contributed by atoms with van der Waals surface area (Å²) in [6, 6.07) is 12.2. The fraction of sp³-hybridized carbons (Fsp3) is 0.375. The average molecular weight is 423 g/mol. The molecule has 162 valence electrons. The van der Waals surface area contributed by atoms with Gasteiger partial charge in [-0.1, -0.05) is 12.1 Å². The number of para-hydroxylation sites is 1. The predicted octanol–water partition coefficient (Wildman–Crippen LogP) is 3.30. The topological polar surface area (TPSA) is 82.1 Å². The van der Waals surface area contributed by atoms with Crippen LogP contribution in [0.5, 0.6) is 17.2 Å². The molecule has 7 heteroatoms. The Bertz CT molecular complexity index is 1030. The largest absolute Gasteiger partial charge is 0.497 e. The zero-order chi connectivity index (χ0) is 22.0. The number of hydrogen-bond donors (Lipinski definition) is 0. The second-order valence-corrected chi connectivity index (χ2v) is 7.94. The third kappa shape index (κ3) is 4.13. The standard InChI is InChI=1S/C24H25NO6/c1-29-16-7-9-22-18(13-16)20(27)14-24(31-22)11-12-25(15-24)23(28)10-8-19(26)17-5-3-4-6-21(17)30-2/h3-7,9,13H,8,10-12,14-15H2,1-2H3. The minimum absolute atomic E-state index is 0.0131. The molecule has 0 N–H and O–H groups in total. The van der Waals surface area contributed by atoms with Crippen LogP contribution < -0.4 is 14.2 Å². The maximum atomic E-state index is 12.8. The van der Waals surface area contributed by atoms with E-state index >= 15 is 0 Å². The number of carbonyl (C=O) groups excluding carboxylic acids is 3. The highest BCUT2D eigenvalue weighted by molar-refractivity contribution is 6.01. The first-order chi connectivity index (χ1) is 14.9. The second kappa shape index (κ2) is 8.41. The Morgan fingerprint density at radius 2 is 1.90 bits per heavy atom. The number of amides is 1. The van der Waals surface area contributed by atoms with E-state index in [1.165, 1.54) is 7.11 Å². The van der Waals surface area contributed by atoms with E-state index < -0.39 is 5.60 Å². The van der Waals surface area contributed by atoms with Crippen LogP contribution >= 0.6 is 0 Å². The van der Waals surface area contributed by atoms with E-state index in [1.807, 2.05) is 0 Å². The lowest BCUT2D eigenvalue weighted by molar-refractivity contribution is -0.130. The predicted molar refractivity (Wildman–Crippen MR) is 113 cm³/mol. The van der Waals surface area contributed by atoms with Gasteiger partial charge in [0.15, 0.2) is 11.6 Å². The summed E-state index contributed by atoms with van der Waals surface area (Å²) in [7, 11) is 3.07. The molecule has 0 bridgehead atoms. The van der Waals surface area contributed by atoms with E-state index in [-0.39, 0.29) is 36.7 Å². The minimum Gasteiger partial charge on any atom is -0.497 e. The molecule has 0 saturated carbocycles. The van der Waals surface area contributed by atoms with E-state index in [0.717, 1.165) is 0 Å². The molecule has 1 unspecified atom stereocenters. The van der Waals surface area contributed by atoms with Crippen molar-refractivity contribution in [3.63, 3.8) is 0 Å². The molecule has 1 amide bonds. The quantitative estimate of drug-likeness (QED) is 0.663. The summed E-state index contributed by atoms with van der Waals surface area (Å²) in [5.74, 6) is 1.38. The van der Waals surface area contributed by atoms with Crippen molar-refractivity contribution in [1.82, 2.24) is 4.90 Å². The lowest BCUT2D eigenvalue weighted by atomic mass is 9.89. The molecule has 2 aliphatic rings. The first kappa shape index (κ1) is 20.9. The maximum absolute atomic E-state index is 12.8. The van der Waals surface area contributed by atoms with Gasteiger partial charge in [0.1, 0.15) is 22.8 Å². The highest BCUT2D eigenvalue weighted by atomic mass is 16.5. The van der Waals surface area contributed by atoms with Crippen molar-refractivity contribution in [3.05, 3.63) is 53.6 Å². The van der Waals surface area contributed by atoms with Gasteiger partial charge in [-0.15, -0.1) is 0 Å². The highest BCUT2D eigenvalue weighted by Crippen LogP contribution is 2.40. The van der Waals surface area contributed by atoms with Crippen LogP contribution in [-0.4, -0.2) is 55.3 Å². The Labute approximate surface area is 180 Å². The molecule has 2 heterocycles. The number of rotatable bonds is 6. The number of nitrogens with zero attached hydrogens (tertiary/aromatic N) is 1. The summed E-state index contributed by atoms with van der Waals surface area (Å²) >= 11 is 0. The van der Waals surface area contributed by atoms with E-state index in [9.17, 15) is 14.4 Å². The van der Waals surface area contributed by atoms with Gasteiger partial charge in [-0.2, -0.15) is 0 Å². The van der Waals surface area contributed by atoms with Crippen LogP contribution in [0, 0.1) is 0 Å². The monoisotopic (exact) mass is 423 g/mol. The van der Waals surface area contributed by atoms with Gasteiger partial charge in [-0.3, -0.25) is 14.4 Å². The van der Waals surface area contributed by atoms with Gasteiger partial charge in [-0.25, -0.2) is 0 Å². The summed E-state index contributed by atoms with van der Waals surface area (Å²) in [5, 5.41) is 0. The molecule has 1 fully saturated rings. The highest BCUT2D eigenvalue weighted by Gasteiger charge is 2.47. The van der Waals surface area contributed by atoms with Crippen molar-refractivity contribution in [2.24, 2.45) is 0 Å². The molecule has 2 aromatic rings. The number of ketones is 2. The molecule has 2 aliphatic heterocycles. The van der Waals surface area contributed by atoms with E-state index in [4.69, 9.17) is 14.2 Å². The van der Waals surface area contributed by atoms with Crippen molar-refractivity contribution in [3.8, 4) is 17.2 Å². The average Bonchev–Trinajstić information content (AvgIpc) is 3.19. The smallest absolute Gasteiger partial charge is 0.223 e. The zero-order valence-corrected chi connectivity index (χ0v) is 17.7. The number of fused-ring (bicyclic) bond motifs is 1. The fourth-order valence-electron chi connectivity index (χ4n) is 4.27. The Balaban J connectivity index is 1.39. The van der Waals surface area contributed by atoms with Gasteiger partial charge in [0.2, 0.25) is 5.91 Å². The molecule has 1 atom stereocenters. The van der Waals surface area contributed by atoms with Crippen molar-refractivity contribution in [2.45, 2.75) is 31.3 Å².